The third-order valence-electron chi connectivity index (χ3n) is 4.38. The van der Waals surface area contributed by atoms with Gasteiger partial charge in [-0.25, -0.2) is 9.67 Å². The smallest absolute Gasteiger partial charge is 0.171 e. The van der Waals surface area contributed by atoms with Gasteiger partial charge in [-0.3, -0.25) is 0 Å². The molecule has 0 amide bonds. The first kappa shape index (κ1) is 14.9. The number of benzene rings is 1. The zero-order valence-corrected chi connectivity index (χ0v) is 13.7. The van der Waals surface area contributed by atoms with Gasteiger partial charge in [0.05, 0.1) is 0 Å². The van der Waals surface area contributed by atoms with Crippen LogP contribution in [0.5, 0.6) is 5.75 Å². The molecule has 3 heterocycles. The van der Waals surface area contributed by atoms with Gasteiger partial charge in [0.15, 0.2) is 11.6 Å². The van der Waals surface area contributed by atoms with Crippen LogP contribution in [0.3, 0.4) is 0 Å². The van der Waals surface area contributed by atoms with Gasteiger partial charge in [0, 0.05) is 25.6 Å². The quantitative estimate of drug-likeness (QED) is 0.737. The largest absolute Gasteiger partial charge is 0.486 e. The highest BCUT2D eigenvalue weighted by molar-refractivity contribution is 5.56. The monoisotopic (exact) mass is 324 g/mol. The highest BCUT2D eigenvalue weighted by atomic mass is 16.5. The predicted molar refractivity (Wildman–Crippen MR) is 88.3 cm³/mol. The molecule has 0 unspecified atom stereocenters. The normalized spacial score (nSPS) is 14.2. The SMILES string of the molecule is Cn1ncnc1-c1ccc(OCc2nnc3n2CCCCC3)cc1. The van der Waals surface area contributed by atoms with Gasteiger partial charge in [-0.15, -0.1) is 10.2 Å². The van der Waals surface area contributed by atoms with Crippen LogP contribution in [0.15, 0.2) is 30.6 Å². The average molecular weight is 324 g/mol. The molecular formula is C17H20N6O. The Morgan fingerprint density at radius 1 is 1.08 bits per heavy atom. The van der Waals surface area contributed by atoms with Crippen molar-refractivity contribution in [2.24, 2.45) is 7.05 Å². The third kappa shape index (κ3) is 2.89. The molecular weight excluding hydrogens is 304 g/mol. The summed E-state index contributed by atoms with van der Waals surface area (Å²) in [4.78, 5) is 4.25. The lowest BCUT2D eigenvalue weighted by Gasteiger charge is -2.09. The Labute approximate surface area is 140 Å². The minimum Gasteiger partial charge on any atom is -0.486 e. The summed E-state index contributed by atoms with van der Waals surface area (Å²) in [5, 5.41) is 12.7. The van der Waals surface area contributed by atoms with Crippen LogP contribution < -0.4 is 4.74 Å². The second kappa shape index (κ2) is 6.43. The van der Waals surface area contributed by atoms with Crippen molar-refractivity contribution in [3.05, 3.63) is 42.2 Å². The second-order valence-electron chi connectivity index (χ2n) is 6.02. The lowest BCUT2D eigenvalue weighted by Crippen LogP contribution is -2.08. The Kier molecular flexibility index (Phi) is 3.98. The zero-order chi connectivity index (χ0) is 16.4. The van der Waals surface area contributed by atoms with Crippen molar-refractivity contribution in [3.8, 4) is 17.1 Å². The molecule has 0 N–H and O–H groups in total. The summed E-state index contributed by atoms with van der Waals surface area (Å²) in [5.41, 5.74) is 1.01. The molecule has 124 valence electrons. The molecule has 7 nitrogen and oxygen atoms in total. The maximum Gasteiger partial charge on any atom is 0.171 e. The summed E-state index contributed by atoms with van der Waals surface area (Å²) in [6.45, 7) is 1.43. The fraction of sp³-hybridized carbons (Fsp3) is 0.412. The van der Waals surface area contributed by atoms with Gasteiger partial charge in [0.1, 0.15) is 24.5 Å². The molecule has 1 aromatic carbocycles. The van der Waals surface area contributed by atoms with Crippen LogP contribution in [0, 0.1) is 0 Å². The molecule has 1 aliphatic heterocycles. The second-order valence-corrected chi connectivity index (χ2v) is 6.02. The van der Waals surface area contributed by atoms with Gasteiger partial charge >= 0.3 is 0 Å². The molecule has 0 saturated heterocycles. The van der Waals surface area contributed by atoms with Crippen molar-refractivity contribution in [2.75, 3.05) is 0 Å². The average Bonchev–Trinajstić information content (AvgIpc) is 3.12. The van der Waals surface area contributed by atoms with Gasteiger partial charge < -0.3 is 9.30 Å². The third-order valence-corrected chi connectivity index (χ3v) is 4.38. The summed E-state index contributed by atoms with van der Waals surface area (Å²) < 4.78 is 9.85. The van der Waals surface area contributed by atoms with Crippen LogP contribution in [0.1, 0.15) is 30.9 Å². The molecule has 0 aliphatic carbocycles. The van der Waals surface area contributed by atoms with Crippen LogP contribution in [-0.4, -0.2) is 29.5 Å². The minimum atomic E-state index is 0.441. The van der Waals surface area contributed by atoms with Crippen molar-refractivity contribution >= 4 is 0 Å². The molecule has 7 heteroatoms. The van der Waals surface area contributed by atoms with E-state index in [1.54, 1.807) is 11.0 Å². The Morgan fingerprint density at radius 3 is 2.75 bits per heavy atom. The van der Waals surface area contributed by atoms with E-state index in [-0.39, 0.29) is 0 Å². The Hall–Kier alpha value is -2.70. The molecule has 0 bridgehead atoms. The number of aromatic nitrogens is 6. The van der Waals surface area contributed by atoms with Crippen LogP contribution in [0.25, 0.3) is 11.4 Å². The Morgan fingerprint density at radius 2 is 1.96 bits per heavy atom. The number of ether oxygens (including phenoxy) is 1. The van der Waals surface area contributed by atoms with Crippen LogP contribution in [-0.2, 0) is 26.6 Å². The molecule has 0 atom stereocenters. The first-order valence-electron chi connectivity index (χ1n) is 8.29. The summed E-state index contributed by atoms with van der Waals surface area (Å²) in [6, 6.07) is 7.88. The van der Waals surface area contributed by atoms with Crippen molar-refractivity contribution in [2.45, 2.75) is 38.8 Å². The van der Waals surface area contributed by atoms with E-state index >= 15 is 0 Å². The Balaban J connectivity index is 1.45. The van der Waals surface area contributed by atoms with E-state index in [4.69, 9.17) is 4.74 Å². The predicted octanol–water partition coefficient (Wildman–Crippen LogP) is 2.38. The molecule has 4 rings (SSSR count). The number of aryl methyl sites for hydroxylation is 2. The van der Waals surface area contributed by atoms with Gasteiger partial charge in [-0.05, 0) is 37.1 Å². The number of hydrogen-bond acceptors (Lipinski definition) is 5. The summed E-state index contributed by atoms with van der Waals surface area (Å²) in [6.07, 6.45) is 6.20. The Bertz CT molecular complexity index is 820. The van der Waals surface area contributed by atoms with Crippen LogP contribution >= 0.6 is 0 Å². The van der Waals surface area contributed by atoms with E-state index in [1.807, 2.05) is 31.3 Å². The molecule has 0 saturated carbocycles. The van der Waals surface area contributed by atoms with Crippen LogP contribution in [0.4, 0.5) is 0 Å². The van der Waals surface area contributed by atoms with E-state index in [2.05, 4.69) is 24.8 Å². The molecule has 1 aliphatic rings. The van der Waals surface area contributed by atoms with Crippen molar-refractivity contribution in [1.29, 1.82) is 0 Å². The molecule has 0 fully saturated rings. The summed E-state index contributed by atoms with van der Waals surface area (Å²) in [7, 11) is 1.88. The van der Waals surface area contributed by atoms with Gasteiger partial charge in [0.2, 0.25) is 0 Å². The fourth-order valence-corrected chi connectivity index (χ4v) is 3.06. The number of fused-ring (bicyclic) bond motifs is 1. The zero-order valence-electron chi connectivity index (χ0n) is 13.7. The summed E-state index contributed by atoms with van der Waals surface area (Å²) >= 11 is 0. The van der Waals surface area contributed by atoms with E-state index in [0.29, 0.717) is 6.61 Å². The number of hydrogen-bond donors (Lipinski definition) is 0. The molecule has 0 spiro atoms. The van der Waals surface area contributed by atoms with Gasteiger partial charge in [-0.1, -0.05) is 6.42 Å². The molecule has 0 radical (unpaired) electrons. The summed E-state index contributed by atoms with van der Waals surface area (Å²) in [5.74, 6) is 3.64. The number of nitrogens with zero attached hydrogens (tertiary/aromatic N) is 6. The molecule has 2 aromatic heterocycles. The van der Waals surface area contributed by atoms with Crippen molar-refractivity contribution in [1.82, 2.24) is 29.5 Å². The fourth-order valence-electron chi connectivity index (χ4n) is 3.06. The van der Waals surface area contributed by atoms with E-state index in [1.165, 1.54) is 19.3 Å². The highest BCUT2D eigenvalue weighted by Crippen LogP contribution is 2.21. The molecule has 24 heavy (non-hydrogen) atoms. The first-order chi connectivity index (χ1) is 11.8. The lowest BCUT2D eigenvalue weighted by atomic mass is 10.2. The standard InChI is InChI=1S/C17H20N6O/c1-22-17(18-12-19-22)13-6-8-14(9-7-13)24-11-16-21-20-15-5-3-2-4-10-23(15)16/h6-9,12H,2-5,10-11H2,1H3. The van der Waals surface area contributed by atoms with Crippen molar-refractivity contribution in [3.63, 3.8) is 0 Å². The first-order valence-corrected chi connectivity index (χ1v) is 8.29. The van der Waals surface area contributed by atoms with Crippen molar-refractivity contribution < 1.29 is 4.74 Å². The lowest BCUT2D eigenvalue weighted by molar-refractivity contribution is 0.288. The minimum absolute atomic E-state index is 0.441. The maximum atomic E-state index is 5.89. The maximum absolute atomic E-state index is 5.89. The highest BCUT2D eigenvalue weighted by Gasteiger charge is 2.15. The van der Waals surface area contributed by atoms with E-state index < -0.39 is 0 Å². The van der Waals surface area contributed by atoms with Gasteiger partial charge in [-0.2, -0.15) is 5.10 Å². The van der Waals surface area contributed by atoms with E-state index in [9.17, 15) is 0 Å². The topological polar surface area (TPSA) is 70.7 Å². The molecule has 3 aromatic rings. The number of rotatable bonds is 4. The van der Waals surface area contributed by atoms with E-state index in [0.717, 1.165) is 41.8 Å². The van der Waals surface area contributed by atoms with Gasteiger partial charge in [0.25, 0.3) is 0 Å². The van der Waals surface area contributed by atoms with Crippen LogP contribution in [0.2, 0.25) is 0 Å².